The molecule has 0 aliphatic rings. The Morgan fingerprint density at radius 3 is 2.25 bits per heavy atom. The number of carbonyl (C=O) groups is 1. The largest absolute Gasteiger partial charge is 0.303 e. The molecule has 0 bridgehead atoms. The van der Waals surface area contributed by atoms with E-state index < -0.39 is 0 Å². The summed E-state index contributed by atoms with van der Waals surface area (Å²) in [5.74, 6) is 0.326. The van der Waals surface area contributed by atoms with Gasteiger partial charge in [0.2, 0.25) is 0 Å². The second-order valence-electron chi connectivity index (χ2n) is 3.51. The Balaban J connectivity index is 3.12. The normalized spacial score (nSPS) is 12.8. The molecule has 1 atom stereocenters. The molecule has 72 valence electrons. The number of hydrogen-bond acceptors (Lipinski definition) is 1. The van der Waals surface area contributed by atoms with Crippen LogP contribution in [0.1, 0.15) is 58.8 Å². The van der Waals surface area contributed by atoms with Gasteiger partial charge in [-0.15, -0.1) is 0 Å². The summed E-state index contributed by atoms with van der Waals surface area (Å²) in [5.41, 5.74) is 0. The Labute approximate surface area is 76.6 Å². The number of hydrogen-bond donors (Lipinski definition) is 0. The second kappa shape index (κ2) is 8.76. The summed E-state index contributed by atoms with van der Waals surface area (Å²) in [6, 6.07) is 0. The quantitative estimate of drug-likeness (QED) is 0.402. The lowest BCUT2D eigenvalue weighted by Crippen LogP contribution is -1.99. The van der Waals surface area contributed by atoms with Gasteiger partial charge in [0, 0.05) is 5.92 Å². The Morgan fingerprint density at radius 1 is 1.08 bits per heavy atom. The van der Waals surface area contributed by atoms with Crippen LogP contribution in [0.25, 0.3) is 0 Å². The van der Waals surface area contributed by atoms with Crippen molar-refractivity contribution in [2.24, 2.45) is 5.92 Å². The highest BCUT2D eigenvalue weighted by Gasteiger charge is 2.02. The van der Waals surface area contributed by atoms with Crippen molar-refractivity contribution in [1.29, 1.82) is 0 Å². The average Bonchev–Trinajstić information content (AvgIpc) is 2.11. The zero-order chi connectivity index (χ0) is 9.23. The maximum Gasteiger partial charge on any atom is 0.123 e. The van der Waals surface area contributed by atoms with E-state index in [1.807, 2.05) is 0 Å². The Bertz CT molecular complexity index is 99.2. The third-order valence-corrected chi connectivity index (χ3v) is 2.40. The minimum absolute atomic E-state index is 0.326. The first-order chi connectivity index (χ1) is 5.85. The highest BCUT2D eigenvalue weighted by molar-refractivity contribution is 5.53. The zero-order valence-electron chi connectivity index (χ0n) is 8.51. The minimum atomic E-state index is 0.326. The molecule has 0 aromatic rings. The molecule has 0 fully saturated rings. The van der Waals surface area contributed by atoms with Crippen LogP contribution in [-0.4, -0.2) is 6.29 Å². The van der Waals surface area contributed by atoms with Crippen molar-refractivity contribution in [3.05, 3.63) is 0 Å². The van der Waals surface area contributed by atoms with E-state index in [0.717, 1.165) is 19.1 Å². The monoisotopic (exact) mass is 170 g/mol. The van der Waals surface area contributed by atoms with E-state index in [0.29, 0.717) is 5.92 Å². The van der Waals surface area contributed by atoms with Crippen LogP contribution in [0.3, 0.4) is 0 Å². The first-order valence-corrected chi connectivity index (χ1v) is 5.30. The summed E-state index contributed by atoms with van der Waals surface area (Å²) in [7, 11) is 0. The van der Waals surface area contributed by atoms with E-state index >= 15 is 0 Å². The summed E-state index contributed by atoms with van der Waals surface area (Å²) in [6.45, 7) is 4.31. The van der Waals surface area contributed by atoms with Crippen molar-refractivity contribution in [2.75, 3.05) is 0 Å². The van der Waals surface area contributed by atoms with Gasteiger partial charge in [0.15, 0.2) is 0 Å². The van der Waals surface area contributed by atoms with Gasteiger partial charge in [-0.2, -0.15) is 0 Å². The molecule has 12 heavy (non-hydrogen) atoms. The van der Waals surface area contributed by atoms with Gasteiger partial charge in [-0.25, -0.2) is 0 Å². The molecule has 0 aliphatic carbocycles. The van der Waals surface area contributed by atoms with E-state index in [1.54, 1.807) is 0 Å². The standard InChI is InChI=1S/C11H22O/c1-3-5-6-7-8-9-11(4-2)10-12/h10-11H,3-9H2,1-2H3/t11-/m1/s1. The fourth-order valence-corrected chi connectivity index (χ4v) is 1.38. The van der Waals surface area contributed by atoms with Gasteiger partial charge in [0.1, 0.15) is 6.29 Å². The molecule has 0 rings (SSSR count). The van der Waals surface area contributed by atoms with Crippen LogP contribution in [0.2, 0.25) is 0 Å². The van der Waals surface area contributed by atoms with Crippen molar-refractivity contribution in [2.45, 2.75) is 58.8 Å². The molecule has 0 N–H and O–H groups in total. The predicted octanol–water partition coefficient (Wildman–Crippen LogP) is 3.57. The van der Waals surface area contributed by atoms with Gasteiger partial charge >= 0.3 is 0 Å². The number of rotatable bonds is 8. The second-order valence-corrected chi connectivity index (χ2v) is 3.51. The molecular formula is C11H22O. The van der Waals surface area contributed by atoms with E-state index in [1.165, 1.54) is 32.1 Å². The number of unbranched alkanes of at least 4 members (excludes halogenated alkanes) is 4. The molecule has 0 saturated carbocycles. The molecule has 1 nitrogen and oxygen atoms in total. The summed E-state index contributed by atoms with van der Waals surface area (Å²) in [5, 5.41) is 0. The van der Waals surface area contributed by atoms with Gasteiger partial charge < -0.3 is 4.79 Å². The van der Waals surface area contributed by atoms with Crippen LogP contribution in [0.15, 0.2) is 0 Å². The van der Waals surface area contributed by atoms with Gasteiger partial charge in [-0.05, 0) is 12.8 Å². The molecule has 0 spiro atoms. The van der Waals surface area contributed by atoms with Gasteiger partial charge in [-0.3, -0.25) is 0 Å². The summed E-state index contributed by atoms with van der Waals surface area (Å²) < 4.78 is 0. The molecular weight excluding hydrogens is 148 g/mol. The smallest absolute Gasteiger partial charge is 0.123 e. The fourth-order valence-electron chi connectivity index (χ4n) is 1.38. The van der Waals surface area contributed by atoms with Gasteiger partial charge in [-0.1, -0.05) is 46.0 Å². The van der Waals surface area contributed by atoms with E-state index in [2.05, 4.69) is 13.8 Å². The highest BCUT2D eigenvalue weighted by Crippen LogP contribution is 2.12. The van der Waals surface area contributed by atoms with Crippen LogP contribution < -0.4 is 0 Å². The van der Waals surface area contributed by atoms with Crippen molar-refractivity contribution in [1.82, 2.24) is 0 Å². The molecule has 0 aromatic heterocycles. The average molecular weight is 170 g/mol. The Kier molecular flexibility index (Phi) is 8.52. The molecule has 0 radical (unpaired) electrons. The summed E-state index contributed by atoms with van der Waals surface area (Å²) in [6.07, 6.45) is 9.74. The van der Waals surface area contributed by atoms with E-state index in [9.17, 15) is 4.79 Å². The molecule has 0 heterocycles. The van der Waals surface area contributed by atoms with Crippen molar-refractivity contribution < 1.29 is 4.79 Å². The molecule has 0 aliphatic heterocycles. The molecule has 1 heteroatoms. The third-order valence-electron chi connectivity index (χ3n) is 2.40. The van der Waals surface area contributed by atoms with Crippen LogP contribution in [0.5, 0.6) is 0 Å². The maximum absolute atomic E-state index is 10.5. The molecule has 0 amide bonds. The van der Waals surface area contributed by atoms with Crippen LogP contribution in [0.4, 0.5) is 0 Å². The highest BCUT2D eigenvalue weighted by atomic mass is 16.1. The van der Waals surface area contributed by atoms with Gasteiger partial charge in [0.05, 0.1) is 0 Å². The minimum Gasteiger partial charge on any atom is -0.303 e. The lowest BCUT2D eigenvalue weighted by molar-refractivity contribution is -0.111. The fraction of sp³-hybridized carbons (Fsp3) is 0.909. The Hall–Kier alpha value is -0.330. The van der Waals surface area contributed by atoms with Crippen LogP contribution >= 0.6 is 0 Å². The van der Waals surface area contributed by atoms with Gasteiger partial charge in [0.25, 0.3) is 0 Å². The van der Waals surface area contributed by atoms with E-state index in [-0.39, 0.29) is 0 Å². The van der Waals surface area contributed by atoms with Crippen molar-refractivity contribution >= 4 is 6.29 Å². The summed E-state index contributed by atoms with van der Waals surface area (Å²) >= 11 is 0. The third kappa shape index (κ3) is 6.38. The lowest BCUT2D eigenvalue weighted by atomic mass is 10.00. The predicted molar refractivity (Wildman–Crippen MR) is 53.2 cm³/mol. The maximum atomic E-state index is 10.5. The van der Waals surface area contributed by atoms with Crippen molar-refractivity contribution in [3.63, 3.8) is 0 Å². The van der Waals surface area contributed by atoms with Crippen LogP contribution in [-0.2, 0) is 4.79 Å². The number of aldehydes is 1. The first kappa shape index (κ1) is 11.7. The molecule has 0 saturated heterocycles. The zero-order valence-corrected chi connectivity index (χ0v) is 8.51. The SMILES string of the molecule is CCCCCCC[C@H](C=O)CC. The topological polar surface area (TPSA) is 17.1 Å². The lowest BCUT2D eigenvalue weighted by Gasteiger charge is -2.05. The van der Waals surface area contributed by atoms with Crippen molar-refractivity contribution in [3.8, 4) is 0 Å². The molecule has 0 unspecified atom stereocenters. The Morgan fingerprint density at radius 2 is 1.75 bits per heavy atom. The first-order valence-electron chi connectivity index (χ1n) is 5.30. The molecule has 0 aromatic carbocycles. The summed E-state index contributed by atoms with van der Waals surface area (Å²) in [4.78, 5) is 10.5. The van der Waals surface area contributed by atoms with Crippen LogP contribution in [0, 0.1) is 5.92 Å². The van der Waals surface area contributed by atoms with E-state index in [4.69, 9.17) is 0 Å². The number of carbonyl (C=O) groups excluding carboxylic acids is 1.